The molecule has 3 aromatic rings. The monoisotopic (exact) mass is 456 g/mol. The Kier molecular flexibility index (Phi) is 5.86. The topological polar surface area (TPSA) is 57.5 Å². The van der Waals surface area contributed by atoms with Gasteiger partial charge in [-0.1, -0.05) is 60.1 Å². The summed E-state index contributed by atoms with van der Waals surface area (Å²) in [5.74, 6) is -5.97. The van der Waals surface area contributed by atoms with Gasteiger partial charge in [0.05, 0.1) is 5.75 Å². The molecular weight excluding hydrogens is 437 g/mol. The summed E-state index contributed by atoms with van der Waals surface area (Å²) in [5.41, 5.74) is 0.446. The van der Waals surface area contributed by atoms with E-state index in [-0.39, 0.29) is 15.5 Å². The predicted octanol–water partition coefficient (Wildman–Crippen LogP) is 5.02. The molecule has 0 unspecified atom stereocenters. The van der Waals surface area contributed by atoms with Gasteiger partial charge in [0.25, 0.3) is 5.79 Å². The summed E-state index contributed by atoms with van der Waals surface area (Å²) in [6.07, 6.45) is -5.40. The van der Waals surface area contributed by atoms with Gasteiger partial charge in [-0.05, 0) is 51.0 Å². The molecule has 0 aromatic heterocycles. The molecule has 0 aliphatic carbocycles. The van der Waals surface area contributed by atoms with E-state index in [1.54, 1.807) is 60.7 Å². The van der Waals surface area contributed by atoms with Crippen molar-refractivity contribution in [2.75, 3.05) is 5.75 Å². The van der Waals surface area contributed by atoms with Gasteiger partial charge < -0.3 is 10.2 Å². The molecule has 0 heterocycles. The third kappa shape index (κ3) is 4.16. The zero-order chi connectivity index (χ0) is 22.1. The molecule has 160 valence electrons. The van der Waals surface area contributed by atoms with Crippen molar-refractivity contribution >= 4 is 20.7 Å². The minimum absolute atomic E-state index is 0.0902. The van der Waals surface area contributed by atoms with Gasteiger partial charge in [-0.3, -0.25) is 4.21 Å². The number of benzene rings is 3. The Morgan fingerprint density at radius 3 is 1.60 bits per heavy atom. The lowest BCUT2D eigenvalue weighted by atomic mass is 10.2. The van der Waals surface area contributed by atoms with Crippen molar-refractivity contribution in [3.63, 3.8) is 0 Å². The van der Waals surface area contributed by atoms with Crippen LogP contribution in [0, 0.1) is 0 Å². The van der Waals surface area contributed by atoms with E-state index in [1.165, 1.54) is 24.3 Å². The Hall–Kier alpha value is -2.19. The van der Waals surface area contributed by atoms with Gasteiger partial charge in [-0.2, -0.15) is 13.2 Å². The molecule has 3 aromatic carbocycles. The van der Waals surface area contributed by atoms with E-state index in [0.717, 1.165) is 0 Å². The van der Waals surface area contributed by atoms with E-state index in [0.29, 0.717) is 10.6 Å². The van der Waals surface area contributed by atoms with E-state index in [1.807, 2.05) is 0 Å². The summed E-state index contributed by atoms with van der Waals surface area (Å²) in [4.78, 5) is 0.180. The Morgan fingerprint density at radius 1 is 0.767 bits per heavy atom. The quantitative estimate of drug-likeness (QED) is 0.512. The lowest BCUT2D eigenvalue weighted by Crippen LogP contribution is -2.57. The van der Waals surface area contributed by atoms with Crippen molar-refractivity contribution in [2.24, 2.45) is 0 Å². The first-order chi connectivity index (χ1) is 14.0. The molecule has 0 saturated carbocycles. The molecule has 3 rings (SSSR count). The maximum absolute atomic E-state index is 15.1. The standard InChI is InChI=1S/C22H20ClF3O3S/c23-18-13-11-17(12-14-18)15-30(29,19-7-3-1-4-8-19,20-9-5-2-6-10-20)16-21(27,28)22(24,25)26/h1-14,27-28H,15-16H2. The molecule has 0 bridgehead atoms. The molecular formula is C22H20ClF3O3S. The van der Waals surface area contributed by atoms with Crippen LogP contribution in [0.25, 0.3) is 0 Å². The third-order valence-corrected chi connectivity index (χ3v) is 9.87. The summed E-state index contributed by atoms with van der Waals surface area (Å²) in [7, 11) is -4.74. The van der Waals surface area contributed by atoms with E-state index in [4.69, 9.17) is 11.6 Å². The molecule has 0 amide bonds. The highest BCUT2D eigenvalue weighted by atomic mass is 35.5. The van der Waals surface area contributed by atoms with Crippen molar-refractivity contribution < 1.29 is 27.6 Å². The van der Waals surface area contributed by atoms with Crippen LogP contribution in [0.15, 0.2) is 94.7 Å². The average Bonchev–Trinajstić information content (AvgIpc) is 2.70. The van der Waals surface area contributed by atoms with Crippen LogP contribution in [0.3, 0.4) is 0 Å². The smallest absolute Gasteiger partial charge is 0.358 e. The molecule has 0 fully saturated rings. The first-order valence-corrected chi connectivity index (χ1v) is 11.6. The summed E-state index contributed by atoms with van der Waals surface area (Å²) in [5, 5.41) is 20.5. The Balaban J connectivity index is 2.35. The van der Waals surface area contributed by atoms with Crippen LogP contribution in [0.2, 0.25) is 5.02 Å². The number of alkyl halides is 3. The molecule has 0 aliphatic heterocycles. The van der Waals surface area contributed by atoms with Gasteiger partial charge in [-0.25, -0.2) is 0 Å². The van der Waals surface area contributed by atoms with Gasteiger partial charge in [0, 0.05) is 20.6 Å². The van der Waals surface area contributed by atoms with E-state index in [2.05, 4.69) is 0 Å². The van der Waals surface area contributed by atoms with Crippen molar-refractivity contribution in [1.82, 2.24) is 0 Å². The zero-order valence-corrected chi connectivity index (χ0v) is 17.3. The first kappa shape index (κ1) is 22.5. The van der Waals surface area contributed by atoms with Gasteiger partial charge in [0.2, 0.25) is 0 Å². The second kappa shape index (κ2) is 7.81. The fourth-order valence-corrected chi connectivity index (χ4v) is 8.09. The molecule has 8 heteroatoms. The molecule has 0 spiro atoms. The van der Waals surface area contributed by atoms with Crippen molar-refractivity contribution in [1.29, 1.82) is 0 Å². The molecule has 0 saturated heterocycles. The van der Waals surface area contributed by atoms with Gasteiger partial charge in [0.15, 0.2) is 0 Å². The minimum Gasteiger partial charge on any atom is -0.358 e. The summed E-state index contributed by atoms with van der Waals surface area (Å²) >= 11 is 5.92. The van der Waals surface area contributed by atoms with Crippen LogP contribution in [0.1, 0.15) is 5.56 Å². The highest BCUT2D eigenvalue weighted by Gasteiger charge is 2.60. The average molecular weight is 457 g/mol. The molecule has 0 aliphatic rings. The van der Waals surface area contributed by atoms with Gasteiger partial charge >= 0.3 is 6.18 Å². The number of hydrogen-bond donors (Lipinski definition) is 2. The Labute approximate surface area is 177 Å². The lowest BCUT2D eigenvalue weighted by Gasteiger charge is -2.46. The Bertz CT molecular complexity index is 1020. The Morgan fingerprint density at radius 2 is 1.20 bits per heavy atom. The van der Waals surface area contributed by atoms with Crippen LogP contribution < -0.4 is 0 Å². The largest absolute Gasteiger partial charge is 0.443 e. The van der Waals surface area contributed by atoms with Crippen molar-refractivity contribution in [3.05, 3.63) is 95.5 Å². The predicted molar refractivity (Wildman–Crippen MR) is 111 cm³/mol. The van der Waals surface area contributed by atoms with Crippen LogP contribution in [-0.2, 0) is 14.8 Å². The maximum Gasteiger partial charge on any atom is 0.443 e. The summed E-state index contributed by atoms with van der Waals surface area (Å²) < 4.78 is 55.6. The molecule has 2 N–H and O–H groups in total. The van der Waals surface area contributed by atoms with E-state index in [9.17, 15) is 23.4 Å². The van der Waals surface area contributed by atoms with E-state index < -0.39 is 26.8 Å². The molecule has 30 heavy (non-hydrogen) atoms. The van der Waals surface area contributed by atoms with Crippen LogP contribution in [0.5, 0.6) is 0 Å². The zero-order valence-electron chi connectivity index (χ0n) is 15.7. The third-order valence-electron chi connectivity index (χ3n) is 4.93. The van der Waals surface area contributed by atoms with Crippen LogP contribution >= 0.6 is 11.6 Å². The minimum atomic E-state index is -5.40. The second-order valence-electron chi connectivity index (χ2n) is 7.14. The lowest BCUT2D eigenvalue weighted by molar-refractivity contribution is -0.337. The molecule has 0 radical (unpaired) electrons. The fourth-order valence-electron chi connectivity index (χ4n) is 3.43. The molecule has 3 nitrogen and oxygen atoms in total. The second-order valence-corrected chi connectivity index (χ2v) is 11.7. The summed E-state index contributed by atoms with van der Waals surface area (Å²) in [6.45, 7) is 0. The summed E-state index contributed by atoms with van der Waals surface area (Å²) in [6, 6.07) is 21.5. The number of aliphatic hydroxyl groups is 2. The fraction of sp³-hybridized carbons (Fsp3) is 0.182. The number of rotatable bonds is 6. The highest BCUT2D eigenvalue weighted by molar-refractivity contribution is 8.19. The SMILES string of the molecule is O=S(Cc1ccc(Cl)cc1)(CC(O)(O)C(F)(F)F)(c1ccccc1)c1ccccc1. The maximum atomic E-state index is 15.1. The number of halogens is 4. The van der Waals surface area contributed by atoms with Gasteiger partial charge in [0.1, 0.15) is 0 Å². The molecule has 0 atom stereocenters. The van der Waals surface area contributed by atoms with E-state index >= 15 is 4.21 Å². The highest BCUT2D eigenvalue weighted by Crippen LogP contribution is 2.50. The van der Waals surface area contributed by atoms with Crippen LogP contribution in [0.4, 0.5) is 13.2 Å². The first-order valence-electron chi connectivity index (χ1n) is 8.96. The normalized spacial score (nSPS) is 14.1. The number of hydrogen-bond acceptors (Lipinski definition) is 3. The van der Waals surface area contributed by atoms with Crippen molar-refractivity contribution in [3.8, 4) is 0 Å². The van der Waals surface area contributed by atoms with Crippen molar-refractivity contribution in [2.45, 2.75) is 27.5 Å². The van der Waals surface area contributed by atoms with Crippen LogP contribution in [-0.4, -0.2) is 32.1 Å². The van der Waals surface area contributed by atoms with Gasteiger partial charge in [-0.15, -0.1) is 0 Å².